The highest BCUT2D eigenvalue weighted by atomic mass is 16.2. The Hall–Kier alpha value is -3.56. The minimum Gasteiger partial charge on any atom is -0.331 e. The standard InChI is InChI=1S/C39H49N5O4/c1-4-14-42(22-36(47)43-15-6-8-29-26-17-25(3)21-39(29,43)30-9-11-34(45)41-32(30)18-26)23-37(48)44-33-19-27-16-24(2)20-38(28(27)7-5-13-40-38)31(33)10-12-35(44)46/h9-12,16-17,26-29,40H,4-8,13-15,18-23H2,1-3H3,(H,41,45)/t26-,27-,28+,29+,38+,39+/m0/s1. The van der Waals surface area contributed by atoms with Crippen molar-refractivity contribution in [1.29, 1.82) is 0 Å². The van der Waals surface area contributed by atoms with Crippen molar-refractivity contribution < 1.29 is 9.59 Å². The van der Waals surface area contributed by atoms with Crippen LogP contribution in [-0.4, -0.2) is 63.9 Å². The molecular weight excluding hydrogens is 602 g/mol. The maximum Gasteiger partial charge on any atom is 0.257 e. The molecule has 0 saturated carbocycles. The zero-order valence-electron chi connectivity index (χ0n) is 28.6. The van der Waals surface area contributed by atoms with Crippen molar-refractivity contribution in [2.75, 3.05) is 32.7 Å². The summed E-state index contributed by atoms with van der Waals surface area (Å²) in [7, 11) is 0. The molecule has 0 spiro atoms. The molecule has 0 unspecified atom stereocenters. The van der Waals surface area contributed by atoms with Gasteiger partial charge in [-0.15, -0.1) is 0 Å². The summed E-state index contributed by atoms with van der Waals surface area (Å²) in [6.07, 6.45) is 12.9. The number of aromatic amines is 1. The van der Waals surface area contributed by atoms with Crippen molar-refractivity contribution in [3.05, 3.63) is 90.8 Å². The number of carbonyl (C=O) groups excluding carboxylic acids is 2. The molecule has 2 aliphatic heterocycles. The van der Waals surface area contributed by atoms with Crippen molar-refractivity contribution in [2.45, 2.75) is 89.6 Å². The highest BCUT2D eigenvalue weighted by Crippen LogP contribution is 2.57. The summed E-state index contributed by atoms with van der Waals surface area (Å²) in [6.45, 7) is 8.71. The maximum atomic E-state index is 14.6. The molecule has 48 heavy (non-hydrogen) atoms. The van der Waals surface area contributed by atoms with Crippen LogP contribution in [0.5, 0.6) is 0 Å². The van der Waals surface area contributed by atoms with Gasteiger partial charge in [-0.1, -0.05) is 30.2 Å². The van der Waals surface area contributed by atoms with Crippen LogP contribution < -0.4 is 16.4 Å². The first-order chi connectivity index (χ1) is 23.1. The van der Waals surface area contributed by atoms with Crippen LogP contribution in [0, 0.1) is 23.7 Å². The van der Waals surface area contributed by atoms with Crippen molar-refractivity contribution in [3.8, 4) is 0 Å². The smallest absolute Gasteiger partial charge is 0.257 e. The monoisotopic (exact) mass is 651 g/mol. The predicted octanol–water partition coefficient (Wildman–Crippen LogP) is 4.26. The summed E-state index contributed by atoms with van der Waals surface area (Å²) >= 11 is 0. The molecule has 1 amide bonds. The molecule has 2 N–H and O–H groups in total. The Kier molecular flexibility index (Phi) is 7.79. The van der Waals surface area contributed by atoms with E-state index in [9.17, 15) is 19.2 Å². The molecule has 254 valence electrons. The van der Waals surface area contributed by atoms with E-state index in [0.717, 1.165) is 80.4 Å². The van der Waals surface area contributed by atoms with E-state index in [1.165, 1.54) is 15.7 Å². The van der Waals surface area contributed by atoms with Crippen molar-refractivity contribution >= 4 is 11.8 Å². The Balaban J connectivity index is 1.10. The number of pyridine rings is 2. The zero-order valence-corrected chi connectivity index (χ0v) is 28.6. The van der Waals surface area contributed by atoms with Gasteiger partial charge in [0.2, 0.25) is 17.4 Å². The second-order valence-electron chi connectivity index (χ2n) is 15.7. The number of nitrogens with zero attached hydrogens (tertiary/aromatic N) is 3. The first-order valence-electron chi connectivity index (χ1n) is 18.3. The Morgan fingerprint density at radius 1 is 0.896 bits per heavy atom. The number of amides is 1. The minimum absolute atomic E-state index is 0.00899. The first kappa shape index (κ1) is 31.7. The Morgan fingerprint density at radius 3 is 2.44 bits per heavy atom. The summed E-state index contributed by atoms with van der Waals surface area (Å²) in [5, 5.41) is 3.86. The molecule has 9 nitrogen and oxygen atoms in total. The van der Waals surface area contributed by atoms with E-state index in [1.54, 1.807) is 12.1 Å². The van der Waals surface area contributed by atoms with E-state index in [1.807, 2.05) is 17.0 Å². The number of rotatable bonds is 6. The molecule has 4 bridgehead atoms. The number of hydrogen-bond donors (Lipinski definition) is 2. The van der Waals surface area contributed by atoms with Crippen LogP contribution in [0.1, 0.15) is 93.0 Å². The minimum atomic E-state index is -0.500. The van der Waals surface area contributed by atoms with Gasteiger partial charge in [0.25, 0.3) is 5.56 Å². The lowest BCUT2D eigenvalue weighted by Gasteiger charge is -2.59. The van der Waals surface area contributed by atoms with Gasteiger partial charge >= 0.3 is 0 Å². The quantitative estimate of drug-likeness (QED) is 0.453. The highest BCUT2D eigenvalue weighted by Gasteiger charge is 2.57. The fraction of sp³-hybridized carbons (Fsp3) is 0.590. The van der Waals surface area contributed by atoms with Gasteiger partial charge in [-0.3, -0.25) is 24.1 Å². The fourth-order valence-electron chi connectivity index (χ4n) is 11.3. The maximum absolute atomic E-state index is 14.6. The number of nitrogens with one attached hydrogen (secondary N) is 2. The summed E-state index contributed by atoms with van der Waals surface area (Å²) < 4.78 is 1.45. The number of aromatic nitrogens is 2. The fourth-order valence-corrected chi connectivity index (χ4v) is 11.3. The lowest BCUT2D eigenvalue weighted by molar-refractivity contribution is -0.149. The number of likely N-dealkylation sites (tertiary alicyclic amines) is 1. The number of piperidine rings is 2. The number of hydrogen-bond acceptors (Lipinski definition) is 6. The van der Waals surface area contributed by atoms with Crippen LogP contribution in [0.25, 0.3) is 0 Å². The molecule has 2 fully saturated rings. The molecule has 2 aromatic heterocycles. The molecule has 8 rings (SSSR count). The highest BCUT2D eigenvalue weighted by molar-refractivity contribution is 5.84. The normalized spacial score (nSPS) is 31.5. The molecule has 4 heterocycles. The first-order valence-corrected chi connectivity index (χ1v) is 18.3. The largest absolute Gasteiger partial charge is 0.331 e. The van der Waals surface area contributed by atoms with Crippen LogP contribution in [-0.2, 0) is 28.7 Å². The summed E-state index contributed by atoms with van der Waals surface area (Å²) in [5.74, 6) is 1.09. The van der Waals surface area contributed by atoms with Crippen molar-refractivity contribution in [1.82, 2.24) is 24.7 Å². The summed E-state index contributed by atoms with van der Waals surface area (Å²) in [5.41, 5.74) is 5.50. The van der Waals surface area contributed by atoms with E-state index < -0.39 is 5.54 Å². The van der Waals surface area contributed by atoms with Gasteiger partial charge in [-0.05, 0) is 132 Å². The van der Waals surface area contributed by atoms with E-state index in [-0.39, 0.29) is 47.5 Å². The van der Waals surface area contributed by atoms with Gasteiger partial charge in [0.15, 0.2) is 0 Å². The average molecular weight is 652 g/mol. The van der Waals surface area contributed by atoms with E-state index in [0.29, 0.717) is 37.3 Å². The van der Waals surface area contributed by atoms with E-state index in [4.69, 9.17) is 0 Å². The summed E-state index contributed by atoms with van der Waals surface area (Å²) in [4.78, 5) is 61.9. The van der Waals surface area contributed by atoms with Crippen LogP contribution in [0.15, 0.2) is 57.2 Å². The molecule has 0 aromatic carbocycles. The van der Waals surface area contributed by atoms with Crippen molar-refractivity contribution in [2.24, 2.45) is 23.7 Å². The Morgan fingerprint density at radius 2 is 1.62 bits per heavy atom. The third-order valence-corrected chi connectivity index (χ3v) is 12.7. The van der Waals surface area contributed by atoms with Crippen LogP contribution >= 0.6 is 0 Å². The second-order valence-corrected chi connectivity index (χ2v) is 15.7. The van der Waals surface area contributed by atoms with Gasteiger partial charge in [0.05, 0.1) is 24.2 Å². The Labute approximate surface area is 282 Å². The molecule has 2 saturated heterocycles. The molecule has 2 aromatic rings. The topological polar surface area (TPSA) is 108 Å². The average Bonchev–Trinajstić information content (AvgIpc) is 3.03. The second kappa shape index (κ2) is 11.8. The van der Waals surface area contributed by atoms with Crippen LogP contribution in [0.3, 0.4) is 0 Å². The van der Waals surface area contributed by atoms with Crippen LogP contribution in [0.2, 0.25) is 0 Å². The van der Waals surface area contributed by atoms with Gasteiger partial charge in [0, 0.05) is 30.1 Å². The summed E-state index contributed by atoms with van der Waals surface area (Å²) in [6, 6.07) is 7.11. The Bertz CT molecular complexity index is 1850. The van der Waals surface area contributed by atoms with E-state index >= 15 is 0 Å². The third-order valence-electron chi connectivity index (χ3n) is 12.7. The predicted molar refractivity (Wildman–Crippen MR) is 185 cm³/mol. The van der Waals surface area contributed by atoms with Crippen molar-refractivity contribution in [3.63, 3.8) is 0 Å². The van der Waals surface area contributed by atoms with Gasteiger partial charge in [-0.2, -0.15) is 0 Å². The van der Waals surface area contributed by atoms with Gasteiger partial charge in [0.1, 0.15) is 0 Å². The molecule has 6 aliphatic rings. The van der Waals surface area contributed by atoms with Gasteiger partial charge < -0.3 is 15.2 Å². The number of allylic oxidation sites excluding steroid dienone is 2. The lowest BCUT2D eigenvalue weighted by Crippen LogP contribution is -2.63. The molecular formula is C39H49N5O4. The lowest BCUT2D eigenvalue weighted by atomic mass is 9.56. The zero-order chi connectivity index (χ0) is 33.4. The number of H-pyrrole nitrogens is 1. The number of fused-ring (bicyclic) bond motifs is 2. The molecule has 6 atom stereocenters. The van der Waals surface area contributed by atoms with E-state index in [2.05, 4.69) is 48.1 Å². The SMILES string of the molecule is CCCN(CC(=O)N1CCC[C@@H]2[C@H]3C=C(C)C[C@]21c1ccc(=O)[nH]c1C3)CC(=O)n1c2c(ccc1=O)[C@@]13CC(C)=C[C@@H](C2)[C@H]1CCCN3. The third kappa shape index (κ3) is 4.78. The molecule has 4 aliphatic carbocycles. The molecule has 9 heteroatoms. The van der Waals surface area contributed by atoms with Crippen LogP contribution in [0.4, 0.5) is 0 Å². The van der Waals surface area contributed by atoms with Gasteiger partial charge in [-0.25, -0.2) is 4.57 Å². The number of carbonyl (C=O) groups is 2. The molecule has 0 radical (unpaired) electrons.